The number of hydrogen-bond donors (Lipinski definition) is 1. The summed E-state index contributed by atoms with van der Waals surface area (Å²) in [5, 5.41) is 0.245. The molecule has 4 heteroatoms. The highest BCUT2D eigenvalue weighted by atomic mass is 28.4. The topological polar surface area (TPSA) is 30.5 Å². The van der Waals surface area contributed by atoms with E-state index < -0.39 is 8.32 Å². The molecule has 0 saturated carbocycles. The summed E-state index contributed by atoms with van der Waals surface area (Å²) in [6.07, 6.45) is 5.21. The normalized spacial score (nSPS) is 27.3. The molecule has 0 aromatic carbocycles. The van der Waals surface area contributed by atoms with Gasteiger partial charge < -0.3 is 4.43 Å². The Kier molecular flexibility index (Phi) is 6.24. The van der Waals surface area contributed by atoms with Crippen LogP contribution in [0.5, 0.6) is 0 Å². The Morgan fingerprint density at radius 2 is 2.05 bits per heavy atom. The van der Waals surface area contributed by atoms with Crippen LogP contribution in [0, 0.1) is 5.92 Å². The summed E-state index contributed by atoms with van der Waals surface area (Å²) < 4.78 is 6.30. The van der Waals surface area contributed by atoms with Crippen molar-refractivity contribution in [3.05, 3.63) is 12.7 Å². The lowest BCUT2D eigenvalue weighted by molar-refractivity contribution is -0.0128. The van der Waals surface area contributed by atoms with E-state index in [0.29, 0.717) is 12.5 Å². The van der Waals surface area contributed by atoms with Gasteiger partial charge in [-0.05, 0) is 43.3 Å². The molecule has 0 aromatic rings. The van der Waals surface area contributed by atoms with E-state index in [1.54, 1.807) is 0 Å². The summed E-state index contributed by atoms with van der Waals surface area (Å²) in [4.78, 5) is 5.83. The lowest BCUT2D eigenvalue weighted by atomic mass is 9.83. The second-order valence-electron chi connectivity index (χ2n) is 8.49. The first-order chi connectivity index (χ1) is 9.51. The highest BCUT2D eigenvalue weighted by molar-refractivity contribution is 6.74. The maximum Gasteiger partial charge on any atom is 0.192 e. The van der Waals surface area contributed by atoms with Gasteiger partial charge >= 0.3 is 0 Å². The monoisotopic (exact) mass is 313 g/mol. The zero-order valence-corrected chi connectivity index (χ0v) is 16.1. The van der Waals surface area contributed by atoms with Gasteiger partial charge in [0.15, 0.2) is 8.32 Å². The number of hydroxylamine groups is 1. The minimum atomic E-state index is -1.70. The minimum absolute atomic E-state index is 0.0391. The zero-order chi connectivity index (χ0) is 16.3. The first-order valence-electron chi connectivity index (χ1n) is 8.19. The van der Waals surface area contributed by atoms with Crippen LogP contribution in [-0.2, 0) is 9.26 Å². The molecule has 0 radical (unpaired) electrons. The van der Waals surface area contributed by atoms with Crippen LogP contribution in [0.25, 0.3) is 0 Å². The fraction of sp³-hybridized carbons (Fsp3) is 0.882. The standard InChI is InChI=1S/C17H35NO2Si/c1-9-10-17(11-14(2)3)12-15(20-18-17)13-19-21(7,8)16(4,5)6/h9,14-15,18H,1,10-13H2,2-8H3/t15-,17-/m1/s1. The highest BCUT2D eigenvalue weighted by Gasteiger charge is 2.42. The van der Waals surface area contributed by atoms with Crippen LogP contribution in [0.2, 0.25) is 18.1 Å². The fourth-order valence-corrected chi connectivity index (χ4v) is 3.76. The summed E-state index contributed by atoms with van der Waals surface area (Å²) >= 11 is 0. The average Bonchev–Trinajstić information content (AvgIpc) is 2.68. The smallest absolute Gasteiger partial charge is 0.192 e. The Balaban J connectivity index is 2.59. The molecule has 0 bridgehead atoms. The van der Waals surface area contributed by atoms with Gasteiger partial charge in [0.25, 0.3) is 0 Å². The van der Waals surface area contributed by atoms with Crippen LogP contribution in [0.15, 0.2) is 12.7 Å². The van der Waals surface area contributed by atoms with E-state index in [1.807, 2.05) is 6.08 Å². The zero-order valence-electron chi connectivity index (χ0n) is 15.1. The predicted octanol–water partition coefficient (Wildman–Crippen LogP) is 4.66. The molecule has 1 N–H and O–H groups in total. The molecule has 0 spiro atoms. The van der Waals surface area contributed by atoms with Gasteiger partial charge in [0, 0.05) is 5.54 Å². The molecular weight excluding hydrogens is 278 g/mol. The van der Waals surface area contributed by atoms with Crippen molar-refractivity contribution in [2.24, 2.45) is 5.92 Å². The Bertz CT molecular complexity index is 349. The molecule has 0 unspecified atom stereocenters. The van der Waals surface area contributed by atoms with Crippen LogP contribution < -0.4 is 5.48 Å². The molecule has 1 fully saturated rings. The summed E-state index contributed by atoms with van der Waals surface area (Å²) in [7, 11) is -1.70. The van der Waals surface area contributed by atoms with Gasteiger partial charge in [-0.2, -0.15) is 5.48 Å². The molecular formula is C17H35NO2Si. The Labute approximate surface area is 132 Å². The van der Waals surface area contributed by atoms with Crippen molar-refractivity contribution in [3.63, 3.8) is 0 Å². The second kappa shape index (κ2) is 6.94. The predicted molar refractivity (Wildman–Crippen MR) is 92.8 cm³/mol. The van der Waals surface area contributed by atoms with Crippen molar-refractivity contribution in [2.45, 2.75) is 83.7 Å². The van der Waals surface area contributed by atoms with Gasteiger partial charge in [0.05, 0.1) is 6.61 Å². The van der Waals surface area contributed by atoms with Crippen molar-refractivity contribution in [2.75, 3.05) is 6.61 Å². The van der Waals surface area contributed by atoms with Crippen LogP contribution >= 0.6 is 0 Å². The summed E-state index contributed by atoms with van der Waals surface area (Å²) in [6.45, 7) is 20.5. The molecule has 0 aromatic heterocycles. The SMILES string of the molecule is C=CC[C@@]1(CC(C)C)C[C@H](CO[Si](C)(C)C(C)(C)C)ON1. The lowest BCUT2D eigenvalue weighted by Gasteiger charge is -2.36. The first-order valence-corrected chi connectivity index (χ1v) is 11.1. The largest absolute Gasteiger partial charge is 0.414 e. The van der Waals surface area contributed by atoms with E-state index in [0.717, 1.165) is 19.3 Å². The third-order valence-corrected chi connectivity index (χ3v) is 9.33. The Morgan fingerprint density at radius 3 is 2.52 bits per heavy atom. The average molecular weight is 314 g/mol. The van der Waals surface area contributed by atoms with Gasteiger partial charge in [-0.15, -0.1) is 6.58 Å². The van der Waals surface area contributed by atoms with E-state index in [2.05, 4.69) is 59.8 Å². The maximum atomic E-state index is 6.30. The number of hydrogen-bond acceptors (Lipinski definition) is 3. The third-order valence-electron chi connectivity index (χ3n) is 4.83. The van der Waals surface area contributed by atoms with Gasteiger partial charge in [0.2, 0.25) is 0 Å². The van der Waals surface area contributed by atoms with Gasteiger partial charge in [-0.1, -0.05) is 40.7 Å². The molecule has 0 amide bonds. The molecule has 2 atom stereocenters. The van der Waals surface area contributed by atoms with Crippen LogP contribution in [-0.4, -0.2) is 26.6 Å². The molecule has 1 rings (SSSR count). The molecule has 1 aliphatic rings. The molecule has 0 aliphatic carbocycles. The van der Waals surface area contributed by atoms with Crippen LogP contribution in [0.3, 0.4) is 0 Å². The summed E-state index contributed by atoms with van der Waals surface area (Å²) in [6, 6.07) is 0. The van der Waals surface area contributed by atoms with Crippen molar-refractivity contribution in [1.29, 1.82) is 0 Å². The van der Waals surface area contributed by atoms with E-state index in [9.17, 15) is 0 Å². The molecule has 1 heterocycles. The van der Waals surface area contributed by atoms with E-state index in [4.69, 9.17) is 9.26 Å². The minimum Gasteiger partial charge on any atom is -0.414 e. The summed E-state index contributed by atoms with van der Waals surface area (Å²) in [5.41, 5.74) is 3.33. The van der Waals surface area contributed by atoms with Gasteiger partial charge in [-0.3, -0.25) is 4.84 Å². The molecule has 21 heavy (non-hydrogen) atoms. The number of rotatable bonds is 7. The van der Waals surface area contributed by atoms with Crippen molar-refractivity contribution >= 4 is 8.32 Å². The number of nitrogens with one attached hydrogen (secondary N) is 1. The van der Waals surface area contributed by atoms with E-state index in [1.165, 1.54) is 0 Å². The van der Waals surface area contributed by atoms with E-state index >= 15 is 0 Å². The van der Waals surface area contributed by atoms with Gasteiger partial charge in [-0.25, -0.2) is 0 Å². The van der Waals surface area contributed by atoms with Crippen molar-refractivity contribution in [3.8, 4) is 0 Å². The second-order valence-corrected chi connectivity index (χ2v) is 13.3. The molecule has 1 aliphatic heterocycles. The van der Waals surface area contributed by atoms with Gasteiger partial charge in [0.1, 0.15) is 6.10 Å². The molecule has 124 valence electrons. The summed E-state index contributed by atoms with van der Waals surface area (Å²) in [5.74, 6) is 0.640. The maximum absolute atomic E-state index is 6.30. The van der Waals surface area contributed by atoms with Crippen LogP contribution in [0.1, 0.15) is 53.9 Å². The van der Waals surface area contributed by atoms with Crippen molar-refractivity contribution < 1.29 is 9.26 Å². The first kappa shape index (κ1) is 18.9. The molecule has 1 saturated heterocycles. The van der Waals surface area contributed by atoms with Crippen molar-refractivity contribution in [1.82, 2.24) is 5.48 Å². The van der Waals surface area contributed by atoms with Crippen LogP contribution in [0.4, 0.5) is 0 Å². The fourth-order valence-electron chi connectivity index (χ4n) is 2.73. The lowest BCUT2D eigenvalue weighted by Crippen LogP contribution is -2.42. The Morgan fingerprint density at radius 1 is 1.43 bits per heavy atom. The Hall–Kier alpha value is -0.163. The quantitative estimate of drug-likeness (QED) is 0.547. The molecule has 3 nitrogen and oxygen atoms in total. The van der Waals surface area contributed by atoms with E-state index in [-0.39, 0.29) is 16.7 Å². The third kappa shape index (κ3) is 5.20. The highest BCUT2D eigenvalue weighted by Crippen LogP contribution is 2.38.